The van der Waals surface area contributed by atoms with Crippen molar-refractivity contribution in [2.45, 2.75) is 18.9 Å². The molecule has 17 heavy (non-hydrogen) atoms. The zero-order chi connectivity index (χ0) is 12.5. The van der Waals surface area contributed by atoms with Crippen molar-refractivity contribution in [2.24, 2.45) is 7.05 Å². The number of benzene rings is 1. The van der Waals surface area contributed by atoms with Gasteiger partial charge >= 0.3 is 0 Å². The number of hydrogen-bond acceptors (Lipinski definition) is 2. The Kier molecular flexibility index (Phi) is 2.98. The fraction of sp³-hybridized carbons (Fsp3) is 0.308. The summed E-state index contributed by atoms with van der Waals surface area (Å²) in [4.78, 5) is 4.10. The Hall–Kier alpha value is -1.68. The molecule has 1 aromatic heterocycles. The molecule has 2 rings (SSSR count). The van der Waals surface area contributed by atoms with Gasteiger partial charge in [-0.2, -0.15) is 0 Å². The number of hydrogen-bond donors (Lipinski definition) is 1. The lowest BCUT2D eigenvalue weighted by Gasteiger charge is -2.23. The summed E-state index contributed by atoms with van der Waals surface area (Å²) >= 11 is 0. The molecule has 0 aliphatic heterocycles. The summed E-state index contributed by atoms with van der Waals surface area (Å²) in [5.41, 5.74) is -0.694. The molecule has 0 saturated heterocycles. The van der Waals surface area contributed by atoms with Gasteiger partial charge in [0.2, 0.25) is 0 Å². The number of aromatic nitrogens is 2. The summed E-state index contributed by atoms with van der Waals surface area (Å²) in [7, 11) is 1.80. The molecular formula is C13H15FN2O. The van der Waals surface area contributed by atoms with Crippen molar-refractivity contribution < 1.29 is 9.50 Å². The summed E-state index contributed by atoms with van der Waals surface area (Å²) in [6, 6.07) is 6.46. The van der Waals surface area contributed by atoms with Crippen molar-refractivity contribution in [3.05, 3.63) is 53.9 Å². The molecule has 1 heterocycles. The first-order chi connectivity index (χ1) is 8.00. The average molecular weight is 234 g/mol. The number of halogens is 1. The second-order valence-corrected chi connectivity index (χ2v) is 4.40. The first-order valence-electron chi connectivity index (χ1n) is 5.44. The molecule has 0 spiro atoms. The molecule has 0 saturated carbocycles. The van der Waals surface area contributed by atoms with E-state index in [1.165, 1.54) is 6.07 Å². The number of rotatable bonds is 3. The molecule has 0 bridgehead atoms. The molecule has 0 amide bonds. The minimum atomic E-state index is -1.18. The van der Waals surface area contributed by atoms with Gasteiger partial charge in [0, 0.05) is 25.9 Å². The Morgan fingerprint density at radius 3 is 2.71 bits per heavy atom. The lowest BCUT2D eigenvalue weighted by atomic mass is 9.95. The predicted octanol–water partition coefficient (Wildman–Crippen LogP) is 2.01. The standard InChI is InChI=1S/C13H15FN2O/c1-13(17,12-15-7-8-16(12)2)9-10-5-3-4-6-11(10)14/h3-8,17H,9H2,1-2H3. The van der Waals surface area contributed by atoms with Crippen LogP contribution in [0.3, 0.4) is 0 Å². The van der Waals surface area contributed by atoms with E-state index in [1.807, 2.05) is 0 Å². The van der Waals surface area contributed by atoms with E-state index in [-0.39, 0.29) is 12.2 Å². The number of aryl methyl sites for hydroxylation is 1. The van der Waals surface area contributed by atoms with Crippen LogP contribution in [0.2, 0.25) is 0 Å². The van der Waals surface area contributed by atoms with Crippen LogP contribution in [0.25, 0.3) is 0 Å². The van der Waals surface area contributed by atoms with Gasteiger partial charge in [0.1, 0.15) is 17.2 Å². The van der Waals surface area contributed by atoms with Crippen LogP contribution in [0.4, 0.5) is 4.39 Å². The molecule has 0 aliphatic carbocycles. The van der Waals surface area contributed by atoms with Crippen LogP contribution in [0, 0.1) is 5.82 Å². The van der Waals surface area contributed by atoms with Crippen LogP contribution in [0.5, 0.6) is 0 Å². The SMILES string of the molecule is Cn1ccnc1C(C)(O)Cc1ccccc1F. The summed E-state index contributed by atoms with van der Waals surface area (Å²) in [6.07, 6.45) is 3.57. The minimum Gasteiger partial charge on any atom is -0.382 e. The quantitative estimate of drug-likeness (QED) is 0.882. The Morgan fingerprint density at radius 1 is 1.41 bits per heavy atom. The molecule has 2 aromatic rings. The second kappa shape index (κ2) is 4.30. The monoisotopic (exact) mass is 234 g/mol. The zero-order valence-corrected chi connectivity index (χ0v) is 9.89. The first-order valence-corrected chi connectivity index (χ1v) is 5.44. The van der Waals surface area contributed by atoms with E-state index in [2.05, 4.69) is 4.98 Å². The van der Waals surface area contributed by atoms with Crippen LogP contribution < -0.4 is 0 Å². The maximum Gasteiger partial charge on any atom is 0.140 e. The van der Waals surface area contributed by atoms with Gasteiger partial charge in [0.05, 0.1) is 0 Å². The fourth-order valence-corrected chi connectivity index (χ4v) is 1.98. The number of aliphatic hydroxyl groups is 1. The van der Waals surface area contributed by atoms with E-state index in [4.69, 9.17) is 0 Å². The van der Waals surface area contributed by atoms with Gasteiger partial charge in [-0.05, 0) is 18.6 Å². The average Bonchev–Trinajstić information content (AvgIpc) is 2.68. The van der Waals surface area contributed by atoms with Gasteiger partial charge in [-0.1, -0.05) is 18.2 Å². The highest BCUT2D eigenvalue weighted by molar-refractivity contribution is 5.21. The van der Waals surface area contributed by atoms with Crippen molar-refractivity contribution in [3.8, 4) is 0 Å². The highest BCUT2D eigenvalue weighted by atomic mass is 19.1. The van der Waals surface area contributed by atoms with Gasteiger partial charge in [-0.15, -0.1) is 0 Å². The van der Waals surface area contributed by atoms with E-state index in [0.29, 0.717) is 11.4 Å². The number of nitrogens with zero attached hydrogens (tertiary/aromatic N) is 2. The molecular weight excluding hydrogens is 219 g/mol. The smallest absolute Gasteiger partial charge is 0.140 e. The van der Waals surface area contributed by atoms with Crippen molar-refractivity contribution in [1.82, 2.24) is 9.55 Å². The van der Waals surface area contributed by atoms with Crippen LogP contribution >= 0.6 is 0 Å². The van der Waals surface area contributed by atoms with Crippen LogP contribution in [-0.2, 0) is 19.1 Å². The highest BCUT2D eigenvalue weighted by Crippen LogP contribution is 2.24. The molecule has 1 aromatic carbocycles. The predicted molar refractivity (Wildman–Crippen MR) is 62.9 cm³/mol. The zero-order valence-electron chi connectivity index (χ0n) is 9.89. The van der Waals surface area contributed by atoms with E-state index in [1.54, 1.807) is 49.1 Å². The van der Waals surface area contributed by atoms with Crippen molar-refractivity contribution in [2.75, 3.05) is 0 Å². The molecule has 1 N–H and O–H groups in total. The third-order valence-electron chi connectivity index (χ3n) is 2.80. The lowest BCUT2D eigenvalue weighted by molar-refractivity contribution is 0.0444. The third kappa shape index (κ3) is 2.36. The minimum absolute atomic E-state index is 0.199. The summed E-state index contributed by atoms with van der Waals surface area (Å²) in [5.74, 6) is 0.225. The van der Waals surface area contributed by atoms with E-state index < -0.39 is 5.60 Å². The Balaban J connectivity index is 2.30. The van der Waals surface area contributed by atoms with Crippen LogP contribution in [0.1, 0.15) is 18.3 Å². The van der Waals surface area contributed by atoms with Gasteiger partial charge in [-0.3, -0.25) is 0 Å². The second-order valence-electron chi connectivity index (χ2n) is 4.40. The maximum absolute atomic E-state index is 13.5. The summed E-state index contributed by atoms with van der Waals surface area (Å²) < 4.78 is 15.3. The largest absolute Gasteiger partial charge is 0.382 e. The summed E-state index contributed by atoms with van der Waals surface area (Å²) in [6.45, 7) is 1.64. The van der Waals surface area contributed by atoms with Gasteiger partial charge in [0.15, 0.2) is 0 Å². The van der Waals surface area contributed by atoms with E-state index in [9.17, 15) is 9.50 Å². The van der Waals surface area contributed by atoms with Crippen molar-refractivity contribution in [3.63, 3.8) is 0 Å². The highest BCUT2D eigenvalue weighted by Gasteiger charge is 2.28. The Bertz CT molecular complexity index is 520. The van der Waals surface area contributed by atoms with E-state index >= 15 is 0 Å². The molecule has 0 fully saturated rings. The fourth-order valence-electron chi connectivity index (χ4n) is 1.98. The lowest BCUT2D eigenvalue weighted by Crippen LogP contribution is -2.28. The number of imidazole rings is 1. The van der Waals surface area contributed by atoms with Crippen molar-refractivity contribution >= 4 is 0 Å². The molecule has 3 nitrogen and oxygen atoms in total. The topological polar surface area (TPSA) is 38.0 Å². The molecule has 4 heteroatoms. The molecule has 90 valence electrons. The Morgan fingerprint density at radius 2 is 2.12 bits per heavy atom. The van der Waals surface area contributed by atoms with E-state index in [0.717, 1.165) is 0 Å². The molecule has 0 aliphatic rings. The molecule has 1 unspecified atom stereocenters. The maximum atomic E-state index is 13.5. The third-order valence-corrected chi connectivity index (χ3v) is 2.80. The van der Waals surface area contributed by atoms with Crippen LogP contribution in [0.15, 0.2) is 36.7 Å². The van der Waals surface area contributed by atoms with Gasteiger partial charge in [0.25, 0.3) is 0 Å². The van der Waals surface area contributed by atoms with Crippen molar-refractivity contribution in [1.29, 1.82) is 0 Å². The van der Waals surface area contributed by atoms with Gasteiger partial charge < -0.3 is 9.67 Å². The first kappa shape index (κ1) is 11.8. The molecule has 1 atom stereocenters. The Labute approximate surface area is 99.5 Å². The molecule has 0 radical (unpaired) electrons. The van der Waals surface area contributed by atoms with Gasteiger partial charge in [-0.25, -0.2) is 9.37 Å². The van der Waals surface area contributed by atoms with Crippen LogP contribution in [-0.4, -0.2) is 14.7 Å². The normalized spacial score (nSPS) is 14.6. The summed E-state index contributed by atoms with van der Waals surface area (Å²) in [5, 5.41) is 10.4.